The first-order chi connectivity index (χ1) is 13.8. The van der Waals surface area contributed by atoms with E-state index < -0.39 is 0 Å². The Morgan fingerprint density at radius 1 is 1.18 bits per heavy atom. The standard InChI is InChI=1S/C21H32N6O/c1-3-22-21(24-10-8-19-6-5-15-28-19)25-17-18-7-9-23-20(16-18)27-13-11-26(4-2)12-14-27/h5-7,9,15-16H,3-4,8,10-14,17H2,1-2H3,(H2,22,24,25). The second-order valence-electron chi connectivity index (χ2n) is 6.89. The maximum atomic E-state index is 5.37. The minimum atomic E-state index is 0.626. The fourth-order valence-electron chi connectivity index (χ4n) is 3.30. The van der Waals surface area contributed by atoms with Gasteiger partial charge in [0.25, 0.3) is 0 Å². The molecule has 28 heavy (non-hydrogen) atoms. The molecule has 2 aromatic heterocycles. The molecule has 0 radical (unpaired) electrons. The van der Waals surface area contributed by atoms with E-state index in [0.29, 0.717) is 6.54 Å². The van der Waals surface area contributed by atoms with Gasteiger partial charge in [-0.15, -0.1) is 0 Å². The maximum Gasteiger partial charge on any atom is 0.191 e. The van der Waals surface area contributed by atoms with Gasteiger partial charge in [-0.25, -0.2) is 9.98 Å². The number of anilines is 1. The molecule has 1 fully saturated rings. The molecule has 7 heteroatoms. The normalized spacial score (nSPS) is 15.6. The van der Waals surface area contributed by atoms with Crippen molar-refractivity contribution in [2.45, 2.75) is 26.8 Å². The molecule has 7 nitrogen and oxygen atoms in total. The largest absolute Gasteiger partial charge is 0.469 e. The van der Waals surface area contributed by atoms with E-state index in [9.17, 15) is 0 Å². The Morgan fingerprint density at radius 3 is 2.75 bits per heavy atom. The highest BCUT2D eigenvalue weighted by Gasteiger charge is 2.16. The van der Waals surface area contributed by atoms with Crippen molar-refractivity contribution in [1.29, 1.82) is 0 Å². The molecule has 1 saturated heterocycles. The molecule has 2 aromatic rings. The van der Waals surface area contributed by atoms with Gasteiger partial charge in [-0.2, -0.15) is 0 Å². The molecule has 0 aromatic carbocycles. The number of aromatic nitrogens is 1. The van der Waals surface area contributed by atoms with Crippen LogP contribution in [0.4, 0.5) is 5.82 Å². The average molecular weight is 385 g/mol. The highest BCUT2D eigenvalue weighted by Crippen LogP contribution is 2.15. The third kappa shape index (κ3) is 5.99. The van der Waals surface area contributed by atoms with E-state index in [0.717, 1.165) is 69.8 Å². The second kappa shape index (κ2) is 10.7. The van der Waals surface area contributed by atoms with E-state index in [-0.39, 0.29) is 0 Å². The highest BCUT2D eigenvalue weighted by atomic mass is 16.3. The summed E-state index contributed by atoms with van der Waals surface area (Å²) in [6.45, 7) is 11.9. The first-order valence-corrected chi connectivity index (χ1v) is 10.2. The minimum absolute atomic E-state index is 0.626. The summed E-state index contributed by atoms with van der Waals surface area (Å²) in [7, 11) is 0. The third-order valence-corrected chi connectivity index (χ3v) is 4.96. The van der Waals surface area contributed by atoms with Crippen LogP contribution >= 0.6 is 0 Å². The van der Waals surface area contributed by atoms with Crippen LogP contribution in [-0.2, 0) is 13.0 Å². The summed E-state index contributed by atoms with van der Waals surface area (Å²) in [6, 6.07) is 8.11. The molecule has 1 aliphatic rings. The lowest BCUT2D eigenvalue weighted by Crippen LogP contribution is -2.46. The quantitative estimate of drug-likeness (QED) is 0.537. The lowest BCUT2D eigenvalue weighted by atomic mass is 10.2. The summed E-state index contributed by atoms with van der Waals surface area (Å²) >= 11 is 0. The molecule has 3 rings (SSSR count). The van der Waals surface area contributed by atoms with Crippen LogP contribution in [0.3, 0.4) is 0 Å². The van der Waals surface area contributed by atoms with E-state index in [1.54, 1.807) is 6.26 Å². The predicted molar refractivity (Wildman–Crippen MR) is 114 cm³/mol. The van der Waals surface area contributed by atoms with Crippen LogP contribution in [0.1, 0.15) is 25.2 Å². The number of nitrogens with one attached hydrogen (secondary N) is 2. The highest BCUT2D eigenvalue weighted by molar-refractivity contribution is 5.79. The summed E-state index contributed by atoms with van der Waals surface area (Å²) in [5.74, 6) is 2.86. The number of rotatable bonds is 8. The zero-order valence-corrected chi connectivity index (χ0v) is 17.0. The van der Waals surface area contributed by atoms with Crippen LogP contribution < -0.4 is 15.5 Å². The smallest absolute Gasteiger partial charge is 0.191 e. The number of guanidine groups is 1. The molecule has 0 spiro atoms. The van der Waals surface area contributed by atoms with Crippen molar-refractivity contribution < 1.29 is 4.42 Å². The molecule has 3 heterocycles. The number of piperazine rings is 1. The predicted octanol–water partition coefficient (Wildman–Crippen LogP) is 2.11. The number of furan rings is 1. The van der Waals surface area contributed by atoms with Gasteiger partial charge >= 0.3 is 0 Å². The van der Waals surface area contributed by atoms with Gasteiger partial charge in [0.2, 0.25) is 0 Å². The molecule has 1 aliphatic heterocycles. The molecule has 0 amide bonds. The van der Waals surface area contributed by atoms with E-state index >= 15 is 0 Å². The number of hydrogen-bond acceptors (Lipinski definition) is 5. The Hall–Kier alpha value is -2.54. The van der Waals surface area contributed by atoms with E-state index in [4.69, 9.17) is 9.41 Å². The number of pyridine rings is 1. The van der Waals surface area contributed by atoms with Gasteiger partial charge in [0.15, 0.2) is 5.96 Å². The third-order valence-electron chi connectivity index (χ3n) is 4.96. The van der Waals surface area contributed by atoms with Gasteiger partial charge in [0.05, 0.1) is 12.8 Å². The zero-order valence-electron chi connectivity index (χ0n) is 17.0. The molecular weight excluding hydrogens is 352 g/mol. The van der Waals surface area contributed by atoms with Crippen molar-refractivity contribution in [3.05, 3.63) is 48.0 Å². The first kappa shape index (κ1) is 20.2. The molecule has 0 atom stereocenters. The van der Waals surface area contributed by atoms with E-state index in [1.807, 2.05) is 24.4 Å². The van der Waals surface area contributed by atoms with Crippen molar-refractivity contribution in [3.63, 3.8) is 0 Å². The Balaban J connectivity index is 1.54. The molecule has 152 valence electrons. The topological polar surface area (TPSA) is 68.9 Å². The van der Waals surface area contributed by atoms with Crippen LogP contribution in [0, 0.1) is 0 Å². The Morgan fingerprint density at radius 2 is 2.04 bits per heavy atom. The number of aliphatic imine (C=N–C) groups is 1. The SMILES string of the molecule is CCNC(=NCc1ccnc(N2CCN(CC)CC2)c1)NCCc1ccco1. The molecule has 0 unspecified atom stereocenters. The van der Waals surface area contributed by atoms with Crippen molar-refractivity contribution in [2.24, 2.45) is 4.99 Å². The fraction of sp³-hybridized carbons (Fsp3) is 0.524. The van der Waals surface area contributed by atoms with Gasteiger partial charge in [0.1, 0.15) is 11.6 Å². The van der Waals surface area contributed by atoms with Gasteiger partial charge < -0.3 is 24.9 Å². The van der Waals surface area contributed by atoms with Crippen molar-refractivity contribution in [3.8, 4) is 0 Å². The molecule has 0 bridgehead atoms. The van der Waals surface area contributed by atoms with Crippen LogP contribution in [-0.4, -0.2) is 61.7 Å². The van der Waals surface area contributed by atoms with Gasteiger partial charge in [-0.05, 0) is 43.3 Å². The Labute approximate surface area is 167 Å². The Bertz CT molecular complexity index is 722. The summed E-state index contributed by atoms with van der Waals surface area (Å²) in [4.78, 5) is 14.1. The number of hydrogen-bond donors (Lipinski definition) is 2. The Kier molecular flexibility index (Phi) is 7.72. The summed E-state index contributed by atoms with van der Waals surface area (Å²) in [6.07, 6.45) is 4.43. The number of likely N-dealkylation sites (N-methyl/N-ethyl adjacent to an activating group) is 1. The van der Waals surface area contributed by atoms with E-state index in [2.05, 4.69) is 45.3 Å². The van der Waals surface area contributed by atoms with Gasteiger partial charge in [0, 0.05) is 51.9 Å². The van der Waals surface area contributed by atoms with Crippen LogP contribution in [0.15, 0.2) is 46.1 Å². The maximum absolute atomic E-state index is 5.37. The lowest BCUT2D eigenvalue weighted by molar-refractivity contribution is 0.270. The van der Waals surface area contributed by atoms with E-state index in [1.165, 1.54) is 5.56 Å². The monoisotopic (exact) mass is 384 g/mol. The molecule has 0 saturated carbocycles. The van der Waals surface area contributed by atoms with Crippen molar-refractivity contribution in [1.82, 2.24) is 20.5 Å². The molecule has 2 N–H and O–H groups in total. The van der Waals surface area contributed by atoms with Crippen LogP contribution in [0.25, 0.3) is 0 Å². The average Bonchev–Trinajstić information content (AvgIpc) is 3.26. The molecular formula is C21H32N6O. The summed E-state index contributed by atoms with van der Waals surface area (Å²) in [5.41, 5.74) is 1.17. The fourth-order valence-corrected chi connectivity index (χ4v) is 3.30. The van der Waals surface area contributed by atoms with Gasteiger partial charge in [-0.1, -0.05) is 6.92 Å². The van der Waals surface area contributed by atoms with Crippen LogP contribution in [0.5, 0.6) is 0 Å². The van der Waals surface area contributed by atoms with Crippen molar-refractivity contribution >= 4 is 11.8 Å². The number of nitrogens with zero attached hydrogens (tertiary/aromatic N) is 4. The molecule has 0 aliphatic carbocycles. The lowest BCUT2D eigenvalue weighted by Gasteiger charge is -2.34. The first-order valence-electron chi connectivity index (χ1n) is 10.2. The minimum Gasteiger partial charge on any atom is -0.469 e. The summed E-state index contributed by atoms with van der Waals surface area (Å²) < 4.78 is 5.37. The van der Waals surface area contributed by atoms with Crippen LogP contribution in [0.2, 0.25) is 0 Å². The second-order valence-corrected chi connectivity index (χ2v) is 6.89. The summed E-state index contributed by atoms with van der Waals surface area (Å²) in [5, 5.41) is 6.66. The van der Waals surface area contributed by atoms with Crippen molar-refractivity contribution in [2.75, 3.05) is 50.7 Å². The zero-order chi connectivity index (χ0) is 19.6. The van der Waals surface area contributed by atoms with Gasteiger partial charge in [-0.3, -0.25) is 0 Å².